The average Bonchev–Trinajstić information content (AvgIpc) is 2.57. The van der Waals surface area contributed by atoms with E-state index in [0.29, 0.717) is 15.9 Å². The van der Waals surface area contributed by atoms with Gasteiger partial charge in [0.05, 0.1) is 5.52 Å². The van der Waals surface area contributed by atoms with Gasteiger partial charge in [-0.25, -0.2) is 0 Å². The maximum absolute atomic E-state index is 12.3. The molecule has 1 amide bonds. The minimum Gasteiger partial charge on any atom is -0.338 e. The van der Waals surface area contributed by atoms with E-state index < -0.39 is 0 Å². The number of pyridine rings is 1. The minimum absolute atomic E-state index is 0.0917. The number of carbonyl (C=O) groups excluding carboxylic acids is 1. The molecule has 4 nitrogen and oxygen atoms in total. The Hall–Kier alpha value is -2.24. The number of halogens is 1. The van der Waals surface area contributed by atoms with E-state index >= 15 is 0 Å². The lowest BCUT2D eigenvalue weighted by Gasteiger charge is -2.12. The summed E-state index contributed by atoms with van der Waals surface area (Å²) < 4.78 is 1.72. The first-order valence-electron chi connectivity index (χ1n) is 7.29. The normalized spacial score (nSPS) is 10.8. The number of hydrogen-bond acceptors (Lipinski definition) is 3. The van der Waals surface area contributed by atoms with Crippen LogP contribution in [0.3, 0.4) is 0 Å². The van der Waals surface area contributed by atoms with E-state index in [1.54, 1.807) is 40.7 Å². The molecule has 122 valence electrons. The maximum Gasteiger partial charge on any atom is 0.244 e. The predicted molar refractivity (Wildman–Crippen MR) is 100 cm³/mol. The van der Waals surface area contributed by atoms with Crippen molar-refractivity contribution in [3.05, 3.63) is 70.0 Å². The third-order valence-corrected chi connectivity index (χ3v) is 4.57. The van der Waals surface area contributed by atoms with Crippen molar-refractivity contribution in [3.8, 4) is 0 Å². The second kappa shape index (κ2) is 7.11. The molecule has 0 aliphatic carbocycles. The number of carbonyl (C=O) groups is 1. The number of anilines is 1. The van der Waals surface area contributed by atoms with Crippen LogP contribution in [0.5, 0.6) is 0 Å². The van der Waals surface area contributed by atoms with Crippen LogP contribution in [0.15, 0.2) is 64.4 Å². The first-order chi connectivity index (χ1) is 11.6. The van der Waals surface area contributed by atoms with Crippen LogP contribution < -0.4 is 10.7 Å². The van der Waals surface area contributed by atoms with Crippen LogP contribution in [0.25, 0.3) is 10.9 Å². The minimum atomic E-state index is -0.168. The van der Waals surface area contributed by atoms with Gasteiger partial charge in [0.1, 0.15) is 6.54 Å². The Kier molecular flexibility index (Phi) is 4.92. The molecule has 3 aromatic rings. The fraction of sp³-hybridized carbons (Fsp3) is 0.111. The van der Waals surface area contributed by atoms with Gasteiger partial charge in [0, 0.05) is 33.3 Å². The summed E-state index contributed by atoms with van der Waals surface area (Å²) in [7, 11) is 0. The van der Waals surface area contributed by atoms with Crippen molar-refractivity contribution in [1.82, 2.24) is 4.57 Å². The molecule has 6 heteroatoms. The lowest BCUT2D eigenvalue weighted by Crippen LogP contribution is -2.20. The summed E-state index contributed by atoms with van der Waals surface area (Å²) >= 11 is 7.64. The van der Waals surface area contributed by atoms with Crippen LogP contribution in [0, 0.1) is 0 Å². The molecule has 0 spiro atoms. The molecule has 0 saturated heterocycles. The molecule has 0 saturated carbocycles. The highest BCUT2D eigenvalue weighted by atomic mass is 35.5. The number of nitrogens with one attached hydrogen (secondary N) is 1. The van der Waals surface area contributed by atoms with Gasteiger partial charge in [-0.3, -0.25) is 9.59 Å². The highest BCUT2D eigenvalue weighted by molar-refractivity contribution is 7.98. The van der Waals surface area contributed by atoms with Crippen molar-refractivity contribution >= 4 is 45.9 Å². The summed E-state index contributed by atoms with van der Waals surface area (Å²) in [4.78, 5) is 25.4. The van der Waals surface area contributed by atoms with Gasteiger partial charge in [-0.05, 0) is 42.7 Å². The number of aromatic nitrogens is 1. The Morgan fingerprint density at radius 1 is 1.21 bits per heavy atom. The molecule has 3 rings (SSSR count). The zero-order chi connectivity index (χ0) is 17.1. The van der Waals surface area contributed by atoms with Crippen LogP contribution >= 0.6 is 23.4 Å². The third kappa shape index (κ3) is 3.63. The third-order valence-electron chi connectivity index (χ3n) is 3.61. The molecule has 2 aromatic carbocycles. The number of nitrogens with zero attached hydrogens (tertiary/aromatic N) is 1. The second-order valence-electron chi connectivity index (χ2n) is 5.25. The van der Waals surface area contributed by atoms with Crippen molar-refractivity contribution in [1.29, 1.82) is 0 Å². The smallest absolute Gasteiger partial charge is 0.244 e. The van der Waals surface area contributed by atoms with Crippen LogP contribution in [0.2, 0.25) is 5.02 Å². The molecule has 0 aliphatic heterocycles. The standard InChI is InChI=1S/C18H15ClN2O2S/c1-24-14-4-2-3-13(10-14)20-18(23)11-21-8-7-17(22)15-6-5-12(19)9-16(15)21/h2-10H,11H2,1H3,(H,20,23). The van der Waals surface area contributed by atoms with E-state index in [4.69, 9.17) is 11.6 Å². The fourth-order valence-corrected chi connectivity index (χ4v) is 3.10. The molecular weight excluding hydrogens is 344 g/mol. The first kappa shape index (κ1) is 16.6. The highest BCUT2D eigenvalue weighted by Gasteiger charge is 2.08. The molecule has 0 bridgehead atoms. The molecule has 1 aromatic heterocycles. The summed E-state index contributed by atoms with van der Waals surface area (Å²) in [6, 6.07) is 14.1. The van der Waals surface area contributed by atoms with Crippen LogP contribution in [-0.4, -0.2) is 16.7 Å². The van der Waals surface area contributed by atoms with E-state index in [1.807, 2.05) is 30.5 Å². The molecular formula is C18H15ClN2O2S. The summed E-state index contributed by atoms with van der Waals surface area (Å²) in [6.45, 7) is 0.0978. The number of rotatable bonds is 4. The van der Waals surface area contributed by atoms with E-state index in [9.17, 15) is 9.59 Å². The van der Waals surface area contributed by atoms with Gasteiger partial charge in [0.2, 0.25) is 5.91 Å². The van der Waals surface area contributed by atoms with Crippen molar-refractivity contribution in [3.63, 3.8) is 0 Å². The van der Waals surface area contributed by atoms with Gasteiger partial charge in [-0.1, -0.05) is 17.7 Å². The van der Waals surface area contributed by atoms with Gasteiger partial charge in [0.25, 0.3) is 0 Å². The molecule has 0 aliphatic rings. The first-order valence-corrected chi connectivity index (χ1v) is 8.90. The number of benzene rings is 2. The number of thioether (sulfide) groups is 1. The Morgan fingerprint density at radius 2 is 2.04 bits per heavy atom. The van der Waals surface area contributed by atoms with E-state index in [-0.39, 0.29) is 17.9 Å². The number of hydrogen-bond donors (Lipinski definition) is 1. The van der Waals surface area contributed by atoms with Crippen LogP contribution in [-0.2, 0) is 11.3 Å². The summed E-state index contributed by atoms with van der Waals surface area (Å²) in [5, 5.41) is 3.94. The van der Waals surface area contributed by atoms with Crippen LogP contribution in [0.4, 0.5) is 5.69 Å². The molecule has 0 unspecified atom stereocenters. The van der Waals surface area contributed by atoms with Gasteiger partial charge in [0.15, 0.2) is 5.43 Å². The number of amides is 1. The SMILES string of the molecule is CSc1cccc(NC(=O)Cn2ccc(=O)c3ccc(Cl)cc32)c1. The fourth-order valence-electron chi connectivity index (χ4n) is 2.47. The van der Waals surface area contributed by atoms with Crippen molar-refractivity contribution < 1.29 is 4.79 Å². The van der Waals surface area contributed by atoms with Crippen molar-refractivity contribution in [2.24, 2.45) is 0 Å². The van der Waals surface area contributed by atoms with Gasteiger partial charge in [-0.15, -0.1) is 11.8 Å². The summed E-state index contributed by atoms with van der Waals surface area (Å²) in [6.07, 6.45) is 3.59. The molecule has 0 radical (unpaired) electrons. The second-order valence-corrected chi connectivity index (χ2v) is 6.57. The average molecular weight is 359 g/mol. The van der Waals surface area contributed by atoms with E-state index in [0.717, 1.165) is 10.6 Å². The topological polar surface area (TPSA) is 51.1 Å². The Bertz CT molecular complexity index is 969. The van der Waals surface area contributed by atoms with E-state index in [1.165, 1.54) is 6.07 Å². The number of fused-ring (bicyclic) bond motifs is 1. The molecule has 1 heterocycles. The maximum atomic E-state index is 12.3. The summed E-state index contributed by atoms with van der Waals surface area (Å²) in [5.41, 5.74) is 1.30. The Balaban J connectivity index is 1.86. The van der Waals surface area contributed by atoms with Crippen LogP contribution in [0.1, 0.15) is 0 Å². The van der Waals surface area contributed by atoms with Crippen molar-refractivity contribution in [2.75, 3.05) is 11.6 Å². The van der Waals surface area contributed by atoms with Gasteiger partial charge < -0.3 is 9.88 Å². The Labute approximate surface area is 148 Å². The highest BCUT2D eigenvalue weighted by Crippen LogP contribution is 2.20. The summed E-state index contributed by atoms with van der Waals surface area (Å²) in [5.74, 6) is -0.168. The lowest BCUT2D eigenvalue weighted by molar-refractivity contribution is -0.116. The molecule has 0 atom stereocenters. The molecule has 1 N–H and O–H groups in total. The monoisotopic (exact) mass is 358 g/mol. The quantitative estimate of drug-likeness (QED) is 0.717. The zero-order valence-corrected chi connectivity index (χ0v) is 14.5. The largest absolute Gasteiger partial charge is 0.338 e. The van der Waals surface area contributed by atoms with E-state index in [2.05, 4.69) is 5.32 Å². The van der Waals surface area contributed by atoms with Gasteiger partial charge in [-0.2, -0.15) is 0 Å². The Morgan fingerprint density at radius 3 is 2.83 bits per heavy atom. The van der Waals surface area contributed by atoms with Crippen molar-refractivity contribution in [2.45, 2.75) is 11.4 Å². The molecule has 24 heavy (non-hydrogen) atoms. The molecule has 0 fully saturated rings. The predicted octanol–water partition coefficient (Wildman–Crippen LogP) is 4.02. The lowest BCUT2D eigenvalue weighted by atomic mass is 10.2. The zero-order valence-electron chi connectivity index (χ0n) is 13.0. The van der Waals surface area contributed by atoms with Gasteiger partial charge >= 0.3 is 0 Å².